The average molecular weight is 391 g/mol. The van der Waals surface area contributed by atoms with Crippen molar-refractivity contribution in [3.05, 3.63) is 24.3 Å². The van der Waals surface area contributed by atoms with Crippen LogP contribution in [0.15, 0.2) is 24.3 Å². The number of nitrogens with one attached hydrogen (secondary N) is 2. The highest BCUT2D eigenvalue weighted by Crippen LogP contribution is 2.29. The minimum absolute atomic E-state index is 0.297. The van der Waals surface area contributed by atoms with Gasteiger partial charge in [0.05, 0.1) is 6.10 Å². The Balaban J connectivity index is 1.34. The van der Waals surface area contributed by atoms with Crippen LogP contribution in [-0.4, -0.2) is 23.4 Å². The van der Waals surface area contributed by atoms with Gasteiger partial charge in [-0.2, -0.15) is 0 Å². The lowest BCUT2D eigenvalue weighted by Gasteiger charge is -2.31. The third-order valence-electron chi connectivity index (χ3n) is 5.68. The molecule has 4 heteroatoms. The molecule has 0 spiro atoms. The summed E-state index contributed by atoms with van der Waals surface area (Å²) in [4.78, 5) is 0. The predicted molar refractivity (Wildman–Crippen MR) is 119 cm³/mol. The Kier molecular flexibility index (Phi) is 7.77. The Bertz CT molecular complexity index is 540. The van der Waals surface area contributed by atoms with Crippen molar-refractivity contribution in [2.45, 2.75) is 95.5 Å². The third kappa shape index (κ3) is 7.57. The zero-order chi connectivity index (χ0) is 19.1. The maximum absolute atomic E-state index is 6.13. The van der Waals surface area contributed by atoms with Crippen LogP contribution in [-0.2, 0) is 0 Å². The van der Waals surface area contributed by atoms with Crippen LogP contribution in [0.4, 0.5) is 5.69 Å². The molecule has 0 bridgehead atoms. The summed E-state index contributed by atoms with van der Waals surface area (Å²) in [6.45, 7) is 7.89. The fourth-order valence-electron chi connectivity index (χ4n) is 4.03. The molecule has 1 aromatic rings. The van der Waals surface area contributed by atoms with E-state index in [9.17, 15) is 0 Å². The van der Waals surface area contributed by atoms with Crippen molar-refractivity contribution in [1.29, 1.82) is 0 Å². The van der Waals surface area contributed by atoms with Crippen molar-refractivity contribution >= 4 is 17.6 Å². The van der Waals surface area contributed by atoms with Crippen LogP contribution in [0.3, 0.4) is 0 Å². The lowest BCUT2D eigenvalue weighted by atomic mass is 9.86. The second-order valence-electron chi connectivity index (χ2n) is 9.33. The van der Waals surface area contributed by atoms with Crippen molar-refractivity contribution in [3.8, 4) is 5.75 Å². The van der Waals surface area contributed by atoms with Gasteiger partial charge in [-0.1, -0.05) is 18.4 Å². The first-order valence-corrected chi connectivity index (χ1v) is 11.7. The van der Waals surface area contributed by atoms with Gasteiger partial charge in [0.25, 0.3) is 0 Å². The Morgan fingerprint density at radius 2 is 1.59 bits per heavy atom. The van der Waals surface area contributed by atoms with E-state index in [1.165, 1.54) is 63.5 Å². The molecule has 0 aliphatic heterocycles. The zero-order valence-electron chi connectivity index (χ0n) is 17.4. The van der Waals surface area contributed by atoms with Crippen LogP contribution >= 0.6 is 11.9 Å². The lowest BCUT2D eigenvalue weighted by Crippen LogP contribution is -2.33. The van der Waals surface area contributed by atoms with Crippen molar-refractivity contribution in [2.24, 2.45) is 5.92 Å². The smallest absolute Gasteiger partial charge is 0.119 e. The fourth-order valence-corrected chi connectivity index (χ4v) is 4.79. The molecule has 0 radical (unpaired) electrons. The molecule has 0 unspecified atom stereocenters. The molecule has 2 saturated carbocycles. The second kappa shape index (κ2) is 10.1. The highest BCUT2D eigenvalue weighted by molar-refractivity contribution is 7.98. The van der Waals surface area contributed by atoms with Gasteiger partial charge in [-0.3, -0.25) is 4.72 Å². The van der Waals surface area contributed by atoms with E-state index >= 15 is 0 Å². The van der Waals surface area contributed by atoms with Crippen LogP contribution in [0.25, 0.3) is 0 Å². The molecule has 0 atom stereocenters. The van der Waals surface area contributed by atoms with E-state index in [1.54, 1.807) is 0 Å². The van der Waals surface area contributed by atoms with Gasteiger partial charge in [-0.15, -0.1) is 0 Å². The molecule has 0 aromatic heterocycles. The highest BCUT2D eigenvalue weighted by atomic mass is 32.2. The summed E-state index contributed by atoms with van der Waals surface area (Å²) in [6, 6.07) is 9.28. The van der Waals surface area contributed by atoms with E-state index in [1.807, 2.05) is 11.9 Å². The minimum Gasteiger partial charge on any atom is -0.490 e. The summed E-state index contributed by atoms with van der Waals surface area (Å²) in [7, 11) is 0. The van der Waals surface area contributed by atoms with E-state index in [2.05, 4.69) is 55.1 Å². The molecular formula is C23H38N2OS. The Morgan fingerprint density at radius 1 is 0.926 bits per heavy atom. The summed E-state index contributed by atoms with van der Waals surface area (Å²) >= 11 is 1.89. The topological polar surface area (TPSA) is 33.3 Å². The molecule has 1 aromatic carbocycles. The van der Waals surface area contributed by atoms with Crippen molar-refractivity contribution < 1.29 is 4.74 Å². The number of hydrogen-bond donors (Lipinski definition) is 2. The van der Waals surface area contributed by atoms with Crippen molar-refractivity contribution in [1.82, 2.24) is 4.72 Å². The Morgan fingerprint density at radius 3 is 2.22 bits per heavy atom. The quantitative estimate of drug-likeness (QED) is 0.527. The summed E-state index contributed by atoms with van der Waals surface area (Å²) in [5.74, 6) is 1.82. The molecule has 152 valence electrons. The molecule has 2 fully saturated rings. The molecule has 0 saturated heterocycles. The van der Waals surface area contributed by atoms with Crippen LogP contribution < -0.4 is 14.8 Å². The maximum Gasteiger partial charge on any atom is 0.119 e. The zero-order valence-corrected chi connectivity index (χ0v) is 18.2. The van der Waals surface area contributed by atoms with Gasteiger partial charge in [0.15, 0.2) is 0 Å². The van der Waals surface area contributed by atoms with Gasteiger partial charge in [-0.05, 0) is 102 Å². The molecule has 0 amide bonds. The molecule has 2 aliphatic rings. The summed E-state index contributed by atoms with van der Waals surface area (Å²) < 4.78 is 10.1. The number of benzene rings is 1. The first kappa shape index (κ1) is 20.9. The molecule has 27 heavy (non-hydrogen) atoms. The van der Waals surface area contributed by atoms with Crippen LogP contribution in [0, 0.1) is 5.92 Å². The van der Waals surface area contributed by atoms with Crippen LogP contribution in [0.5, 0.6) is 5.75 Å². The largest absolute Gasteiger partial charge is 0.490 e. The third-order valence-corrected chi connectivity index (χ3v) is 6.75. The van der Waals surface area contributed by atoms with E-state index < -0.39 is 0 Å². The molecule has 2 N–H and O–H groups in total. The summed E-state index contributed by atoms with van der Waals surface area (Å²) in [6.07, 6.45) is 12.1. The molecule has 3 nitrogen and oxygen atoms in total. The van der Waals surface area contributed by atoms with Crippen LogP contribution in [0.1, 0.15) is 78.6 Å². The monoisotopic (exact) mass is 390 g/mol. The van der Waals surface area contributed by atoms with E-state index in [-0.39, 0.29) is 0 Å². The second-order valence-corrected chi connectivity index (χ2v) is 11.0. The summed E-state index contributed by atoms with van der Waals surface area (Å²) in [5, 5.41) is 3.64. The number of anilines is 1. The highest BCUT2D eigenvalue weighted by Gasteiger charge is 2.22. The number of hydrogen-bond acceptors (Lipinski definition) is 4. The Labute approximate surface area is 170 Å². The fraction of sp³-hybridized carbons (Fsp3) is 0.739. The van der Waals surface area contributed by atoms with Crippen molar-refractivity contribution in [3.63, 3.8) is 0 Å². The summed E-state index contributed by atoms with van der Waals surface area (Å²) in [5.41, 5.74) is 1.22. The predicted octanol–water partition coefficient (Wildman–Crippen LogP) is 6.41. The number of ether oxygens (including phenoxy) is 1. The standard InChI is InChI=1S/C23H38N2OS/c1-23(2,3)27-25-20-11-9-18(10-12-20)17-24-19-13-15-22(16-14-19)26-21-7-5-4-6-8-21/h13-16,18,20-21,24-25H,4-12,17H2,1-3H3. The first-order valence-electron chi connectivity index (χ1n) is 10.9. The minimum atomic E-state index is 0.297. The van der Waals surface area contributed by atoms with Crippen molar-refractivity contribution in [2.75, 3.05) is 11.9 Å². The average Bonchev–Trinajstić information content (AvgIpc) is 2.67. The van der Waals surface area contributed by atoms with Gasteiger partial charge in [0, 0.05) is 23.0 Å². The van der Waals surface area contributed by atoms with Gasteiger partial charge in [0.1, 0.15) is 5.75 Å². The number of rotatable bonds is 7. The van der Waals surface area contributed by atoms with Gasteiger partial charge >= 0.3 is 0 Å². The Hall–Kier alpha value is -0.870. The molecule has 0 heterocycles. The lowest BCUT2D eigenvalue weighted by molar-refractivity contribution is 0.155. The van der Waals surface area contributed by atoms with E-state index in [4.69, 9.17) is 4.74 Å². The molecule has 3 rings (SSSR count). The van der Waals surface area contributed by atoms with Gasteiger partial charge in [0.2, 0.25) is 0 Å². The molecular weight excluding hydrogens is 352 g/mol. The maximum atomic E-state index is 6.13. The SMILES string of the molecule is CC(C)(C)SNC1CCC(CNc2ccc(OC3CCCCC3)cc2)CC1. The van der Waals surface area contributed by atoms with Gasteiger partial charge < -0.3 is 10.1 Å². The van der Waals surface area contributed by atoms with Crippen LogP contribution in [0.2, 0.25) is 0 Å². The first-order chi connectivity index (χ1) is 13.0. The normalized spacial score (nSPS) is 24.6. The van der Waals surface area contributed by atoms with E-state index in [0.29, 0.717) is 16.9 Å². The van der Waals surface area contributed by atoms with E-state index in [0.717, 1.165) is 18.2 Å². The molecule has 2 aliphatic carbocycles. The van der Waals surface area contributed by atoms with Gasteiger partial charge in [-0.25, -0.2) is 0 Å².